The predicted octanol–water partition coefficient (Wildman–Crippen LogP) is 2.31. The summed E-state index contributed by atoms with van der Waals surface area (Å²) in [5.74, 6) is -1.17. The molecule has 1 fully saturated rings. The Morgan fingerprint density at radius 3 is 2.04 bits per heavy atom. The first kappa shape index (κ1) is 21.7. The molecule has 1 aliphatic heterocycles. The van der Waals surface area contributed by atoms with Crippen molar-refractivity contribution < 1.29 is 28.6 Å². The fourth-order valence-corrected chi connectivity index (χ4v) is 2.93. The summed E-state index contributed by atoms with van der Waals surface area (Å²) in [6, 6.07) is 5.02. The number of ether oxygens (including phenoxy) is 3. The second-order valence-electron chi connectivity index (χ2n) is 7.61. The van der Waals surface area contributed by atoms with Crippen LogP contribution in [-0.4, -0.2) is 73.8 Å². The standard InChI is InChI=1S/C20H28N2O6/c1-20(2,3)28-19(25)22-10-8-21(9-11-22)13-14-6-7-15(17(23)26-4)16(12-14)18(24)27-5/h6-7,12H,8-11,13H2,1-5H3. The van der Waals surface area contributed by atoms with Crippen molar-refractivity contribution in [2.75, 3.05) is 40.4 Å². The van der Waals surface area contributed by atoms with Gasteiger partial charge in [0.25, 0.3) is 0 Å². The maximum absolute atomic E-state index is 12.2. The highest BCUT2D eigenvalue weighted by molar-refractivity contribution is 6.03. The quantitative estimate of drug-likeness (QED) is 0.574. The van der Waals surface area contributed by atoms with Crippen LogP contribution in [0, 0.1) is 0 Å². The molecule has 0 aliphatic carbocycles. The molecule has 0 bridgehead atoms. The molecule has 1 aliphatic rings. The first-order valence-electron chi connectivity index (χ1n) is 9.14. The van der Waals surface area contributed by atoms with Gasteiger partial charge in [0.05, 0.1) is 25.3 Å². The van der Waals surface area contributed by atoms with E-state index in [2.05, 4.69) is 4.90 Å². The lowest BCUT2D eigenvalue weighted by atomic mass is 10.0. The van der Waals surface area contributed by atoms with E-state index in [4.69, 9.17) is 14.2 Å². The van der Waals surface area contributed by atoms with E-state index in [9.17, 15) is 14.4 Å². The van der Waals surface area contributed by atoms with Crippen molar-refractivity contribution in [3.05, 3.63) is 34.9 Å². The molecule has 154 valence electrons. The summed E-state index contributed by atoms with van der Waals surface area (Å²) < 4.78 is 14.9. The van der Waals surface area contributed by atoms with E-state index in [0.717, 1.165) is 5.56 Å². The average molecular weight is 392 g/mol. The Balaban J connectivity index is 2.02. The zero-order valence-corrected chi connectivity index (χ0v) is 17.1. The van der Waals surface area contributed by atoms with E-state index in [1.165, 1.54) is 14.2 Å². The van der Waals surface area contributed by atoms with Crippen LogP contribution in [0.3, 0.4) is 0 Å². The van der Waals surface area contributed by atoms with Gasteiger partial charge in [-0.1, -0.05) is 6.07 Å². The van der Waals surface area contributed by atoms with Crippen LogP contribution < -0.4 is 0 Å². The van der Waals surface area contributed by atoms with Crippen molar-refractivity contribution in [3.63, 3.8) is 0 Å². The van der Waals surface area contributed by atoms with Crippen LogP contribution in [0.25, 0.3) is 0 Å². The number of piperazine rings is 1. The molecule has 1 heterocycles. The second kappa shape index (κ2) is 9.05. The summed E-state index contributed by atoms with van der Waals surface area (Å²) in [6.45, 7) is 8.64. The third-order valence-electron chi connectivity index (χ3n) is 4.32. The Kier molecular flexibility index (Phi) is 7.01. The lowest BCUT2D eigenvalue weighted by Crippen LogP contribution is -2.49. The Morgan fingerprint density at radius 2 is 1.50 bits per heavy atom. The lowest BCUT2D eigenvalue weighted by molar-refractivity contribution is 0.0138. The van der Waals surface area contributed by atoms with Crippen LogP contribution in [0.2, 0.25) is 0 Å². The summed E-state index contributed by atoms with van der Waals surface area (Å²) >= 11 is 0. The highest BCUT2D eigenvalue weighted by Gasteiger charge is 2.26. The topological polar surface area (TPSA) is 85.4 Å². The fourth-order valence-electron chi connectivity index (χ4n) is 2.93. The summed E-state index contributed by atoms with van der Waals surface area (Å²) in [5, 5.41) is 0. The molecule has 1 aromatic rings. The lowest BCUT2D eigenvalue weighted by Gasteiger charge is -2.35. The van der Waals surface area contributed by atoms with Crippen LogP contribution in [0.1, 0.15) is 47.1 Å². The van der Waals surface area contributed by atoms with E-state index in [0.29, 0.717) is 32.7 Å². The third-order valence-corrected chi connectivity index (χ3v) is 4.32. The van der Waals surface area contributed by atoms with Crippen LogP contribution in [0.4, 0.5) is 4.79 Å². The average Bonchev–Trinajstić information content (AvgIpc) is 2.66. The predicted molar refractivity (Wildman–Crippen MR) is 102 cm³/mol. The van der Waals surface area contributed by atoms with Gasteiger partial charge in [-0.2, -0.15) is 0 Å². The molecule has 0 radical (unpaired) electrons. The van der Waals surface area contributed by atoms with Crippen molar-refractivity contribution in [3.8, 4) is 0 Å². The number of carbonyl (C=O) groups is 3. The van der Waals surface area contributed by atoms with Gasteiger partial charge in [0.1, 0.15) is 5.60 Å². The van der Waals surface area contributed by atoms with E-state index >= 15 is 0 Å². The molecule has 0 spiro atoms. The zero-order chi connectivity index (χ0) is 20.9. The largest absolute Gasteiger partial charge is 0.465 e. The molecule has 1 aromatic carbocycles. The van der Waals surface area contributed by atoms with Crippen molar-refractivity contribution >= 4 is 18.0 Å². The first-order valence-corrected chi connectivity index (χ1v) is 9.14. The number of amides is 1. The van der Waals surface area contributed by atoms with Crippen LogP contribution >= 0.6 is 0 Å². The Hall–Kier alpha value is -2.61. The molecular formula is C20H28N2O6. The van der Waals surface area contributed by atoms with Crippen molar-refractivity contribution in [2.45, 2.75) is 32.9 Å². The molecule has 0 unspecified atom stereocenters. The van der Waals surface area contributed by atoms with Crippen LogP contribution in [0.15, 0.2) is 18.2 Å². The first-order chi connectivity index (χ1) is 13.1. The summed E-state index contributed by atoms with van der Waals surface area (Å²) in [6.07, 6.45) is -0.303. The third kappa shape index (κ3) is 5.69. The fraction of sp³-hybridized carbons (Fsp3) is 0.550. The van der Waals surface area contributed by atoms with Gasteiger partial charge in [0.2, 0.25) is 0 Å². The molecule has 0 N–H and O–H groups in total. The van der Waals surface area contributed by atoms with Gasteiger partial charge < -0.3 is 19.1 Å². The number of methoxy groups -OCH3 is 2. The van der Waals surface area contributed by atoms with Gasteiger partial charge in [-0.25, -0.2) is 14.4 Å². The van der Waals surface area contributed by atoms with Gasteiger partial charge in [-0.05, 0) is 38.5 Å². The van der Waals surface area contributed by atoms with Crippen molar-refractivity contribution in [2.24, 2.45) is 0 Å². The van der Waals surface area contributed by atoms with Gasteiger partial charge in [-0.3, -0.25) is 4.90 Å². The molecule has 0 aromatic heterocycles. The number of hydrogen-bond donors (Lipinski definition) is 0. The van der Waals surface area contributed by atoms with E-state index < -0.39 is 17.5 Å². The highest BCUT2D eigenvalue weighted by atomic mass is 16.6. The van der Waals surface area contributed by atoms with Gasteiger partial charge in [0.15, 0.2) is 0 Å². The minimum absolute atomic E-state index is 0.174. The molecular weight excluding hydrogens is 364 g/mol. The smallest absolute Gasteiger partial charge is 0.410 e. The van der Waals surface area contributed by atoms with Gasteiger partial charge in [-0.15, -0.1) is 0 Å². The zero-order valence-electron chi connectivity index (χ0n) is 17.1. The van der Waals surface area contributed by atoms with Gasteiger partial charge >= 0.3 is 18.0 Å². The molecule has 1 amide bonds. The Labute approximate surface area is 165 Å². The Morgan fingerprint density at radius 1 is 0.929 bits per heavy atom. The van der Waals surface area contributed by atoms with Gasteiger partial charge in [0, 0.05) is 32.7 Å². The van der Waals surface area contributed by atoms with E-state index in [1.807, 2.05) is 20.8 Å². The maximum atomic E-state index is 12.2. The molecule has 2 rings (SSSR count). The SMILES string of the molecule is COC(=O)c1ccc(CN2CCN(C(=O)OC(C)(C)C)CC2)cc1C(=O)OC. The summed E-state index contributed by atoms with van der Waals surface area (Å²) in [4.78, 5) is 39.9. The molecule has 28 heavy (non-hydrogen) atoms. The molecule has 8 heteroatoms. The number of carbonyl (C=O) groups excluding carboxylic acids is 3. The Bertz CT molecular complexity index is 733. The number of nitrogens with zero attached hydrogens (tertiary/aromatic N) is 2. The minimum Gasteiger partial charge on any atom is -0.465 e. The van der Waals surface area contributed by atoms with Crippen LogP contribution in [-0.2, 0) is 20.8 Å². The number of hydrogen-bond acceptors (Lipinski definition) is 7. The van der Waals surface area contributed by atoms with E-state index in [-0.39, 0.29) is 17.2 Å². The summed E-state index contributed by atoms with van der Waals surface area (Å²) in [5.41, 5.74) is 0.714. The molecule has 0 saturated carbocycles. The molecule has 1 saturated heterocycles. The number of esters is 2. The molecule has 0 atom stereocenters. The second-order valence-corrected chi connectivity index (χ2v) is 7.61. The number of benzene rings is 1. The number of rotatable bonds is 4. The van der Waals surface area contributed by atoms with Crippen molar-refractivity contribution in [1.82, 2.24) is 9.80 Å². The highest BCUT2D eigenvalue weighted by Crippen LogP contribution is 2.18. The summed E-state index contributed by atoms with van der Waals surface area (Å²) in [7, 11) is 2.54. The minimum atomic E-state index is -0.586. The maximum Gasteiger partial charge on any atom is 0.410 e. The van der Waals surface area contributed by atoms with E-state index in [1.54, 1.807) is 23.1 Å². The monoisotopic (exact) mass is 392 g/mol. The normalized spacial score (nSPS) is 15.1. The molecule has 8 nitrogen and oxygen atoms in total. The van der Waals surface area contributed by atoms with Crippen molar-refractivity contribution in [1.29, 1.82) is 0 Å². The van der Waals surface area contributed by atoms with Crippen LogP contribution in [0.5, 0.6) is 0 Å².